The van der Waals surface area contributed by atoms with E-state index in [4.69, 9.17) is 0 Å². The van der Waals surface area contributed by atoms with Crippen molar-refractivity contribution >= 4 is 23.4 Å². The number of anilines is 1. The van der Waals surface area contributed by atoms with E-state index in [2.05, 4.69) is 15.5 Å². The summed E-state index contributed by atoms with van der Waals surface area (Å²) in [6, 6.07) is 12.2. The summed E-state index contributed by atoms with van der Waals surface area (Å²) in [6.07, 6.45) is 5.26. The van der Waals surface area contributed by atoms with Crippen LogP contribution in [-0.2, 0) is 11.3 Å². The topological polar surface area (TPSA) is 81.8 Å². The molecular weight excluding hydrogens is 326 g/mol. The fraction of sp³-hybridized carbons (Fsp3) is 0.125. The fourth-order valence-corrected chi connectivity index (χ4v) is 2.71. The van der Waals surface area contributed by atoms with Crippen LogP contribution in [0.2, 0.25) is 0 Å². The maximum Gasteiger partial charge on any atom is 0.267 e. The minimum absolute atomic E-state index is 0.170. The molecule has 0 atom stereocenters. The first kappa shape index (κ1) is 16.0. The molecule has 3 aromatic rings. The number of hydrogen-bond acceptors (Lipinski definition) is 5. The molecule has 24 heavy (non-hydrogen) atoms. The molecule has 0 fully saturated rings. The van der Waals surface area contributed by atoms with E-state index in [0.29, 0.717) is 11.5 Å². The summed E-state index contributed by atoms with van der Waals surface area (Å²) in [5.41, 5.74) is 0.366. The zero-order chi connectivity index (χ0) is 16.9. The standard InChI is InChI=1S/C16H15N5O2S/c1-24-13-6-3-2-5-12(13)18-15(22)11-21-16(23)8-7-14(19-21)20-10-4-9-17-20/h2-10H,11H2,1H3,(H,18,22). The molecule has 1 N–H and O–H groups in total. The van der Waals surface area contributed by atoms with Gasteiger partial charge in [0, 0.05) is 23.4 Å². The maximum absolute atomic E-state index is 12.3. The molecule has 2 aromatic heterocycles. The molecule has 122 valence electrons. The molecule has 2 heterocycles. The Bertz CT molecular complexity index is 905. The van der Waals surface area contributed by atoms with E-state index < -0.39 is 0 Å². The van der Waals surface area contributed by atoms with Crippen molar-refractivity contribution in [1.29, 1.82) is 0 Å². The van der Waals surface area contributed by atoms with Gasteiger partial charge >= 0.3 is 0 Å². The molecule has 0 aliphatic carbocycles. The number of benzene rings is 1. The largest absolute Gasteiger partial charge is 0.323 e. The summed E-state index contributed by atoms with van der Waals surface area (Å²) in [6.45, 7) is -0.170. The van der Waals surface area contributed by atoms with E-state index in [1.165, 1.54) is 22.5 Å². The van der Waals surface area contributed by atoms with Crippen LogP contribution in [0.1, 0.15) is 0 Å². The zero-order valence-corrected chi connectivity index (χ0v) is 13.7. The Kier molecular flexibility index (Phi) is 4.76. The van der Waals surface area contributed by atoms with Gasteiger partial charge in [0.15, 0.2) is 5.82 Å². The molecule has 0 spiro atoms. The zero-order valence-electron chi connectivity index (χ0n) is 12.9. The predicted octanol–water partition coefficient (Wildman–Crippen LogP) is 1.79. The first-order chi connectivity index (χ1) is 11.7. The van der Waals surface area contributed by atoms with Gasteiger partial charge in [-0.3, -0.25) is 9.59 Å². The Morgan fingerprint density at radius 1 is 1.21 bits per heavy atom. The van der Waals surface area contributed by atoms with Gasteiger partial charge in [-0.25, -0.2) is 9.36 Å². The highest BCUT2D eigenvalue weighted by Gasteiger charge is 2.10. The van der Waals surface area contributed by atoms with Crippen LogP contribution >= 0.6 is 11.8 Å². The summed E-state index contributed by atoms with van der Waals surface area (Å²) >= 11 is 1.54. The summed E-state index contributed by atoms with van der Waals surface area (Å²) in [5.74, 6) is 0.153. The minimum Gasteiger partial charge on any atom is -0.323 e. The van der Waals surface area contributed by atoms with Gasteiger partial charge in [-0.1, -0.05) is 12.1 Å². The quantitative estimate of drug-likeness (QED) is 0.716. The normalized spacial score (nSPS) is 10.5. The van der Waals surface area contributed by atoms with E-state index in [-0.39, 0.29) is 18.0 Å². The van der Waals surface area contributed by atoms with Crippen molar-refractivity contribution in [2.24, 2.45) is 0 Å². The number of para-hydroxylation sites is 1. The monoisotopic (exact) mass is 341 g/mol. The second-order valence-corrected chi connectivity index (χ2v) is 5.73. The number of carbonyl (C=O) groups is 1. The summed E-state index contributed by atoms with van der Waals surface area (Å²) in [5, 5.41) is 11.0. The third kappa shape index (κ3) is 3.54. The molecule has 3 rings (SSSR count). The van der Waals surface area contributed by atoms with E-state index in [1.54, 1.807) is 24.5 Å². The van der Waals surface area contributed by atoms with Crippen LogP contribution in [0.15, 0.2) is 64.5 Å². The van der Waals surface area contributed by atoms with Crippen LogP contribution in [0, 0.1) is 0 Å². The highest BCUT2D eigenvalue weighted by Crippen LogP contribution is 2.24. The number of hydrogen-bond donors (Lipinski definition) is 1. The van der Waals surface area contributed by atoms with Gasteiger partial charge in [0.25, 0.3) is 5.56 Å². The predicted molar refractivity (Wildman–Crippen MR) is 92.5 cm³/mol. The van der Waals surface area contributed by atoms with Crippen molar-refractivity contribution in [3.8, 4) is 5.82 Å². The molecule has 0 aliphatic heterocycles. The lowest BCUT2D eigenvalue weighted by Gasteiger charge is -2.10. The van der Waals surface area contributed by atoms with Crippen LogP contribution in [0.3, 0.4) is 0 Å². The van der Waals surface area contributed by atoms with Crippen molar-refractivity contribution in [3.05, 3.63) is 65.2 Å². The van der Waals surface area contributed by atoms with Crippen molar-refractivity contribution in [1.82, 2.24) is 19.6 Å². The van der Waals surface area contributed by atoms with Gasteiger partial charge in [-0.15, -0.1) is 16.9 Å². The Hall–Kier alpha value is -2.87. The Labute approximate surface area is 142 Å². The van der Waals surface area contributed by atoms with Gasteiger partial charge < -0.3 is 5.32 Å². The second kappa shape index (κ2) is 7.14. The van der Waals surface area contributed by atoms with Gasteiger partial charge in [-0.2, -0.15) is 5.10 Å². The molecule has 0 unspecified atom stereocenters. The first-order valence-corrected chi connectivity index (χ1v) is 8.41. The van der Waals surface area contributed by atoms with Gasteiger partial charge in [-0.05, 0) is 30.5 Å². The molecule has 8 heteroatoms. The van der Waals surface area contributed by atoms with E-state index in [1.807, 2.05) is 30.5 Å². The second-order valence-electron chi connectivity index (χ2n) is 4.89. The van der Waals surface area contributed by atoms with Crippen molar-refractivity contribution < 1.29 is 4.79 Å². The molecule has 0 aliphatic rings. The molecular formula is C16H15N5O2S. The van der Waals surface area contributed by atoms with Crippen molar-refractivity contribution in [2.45, 2.75) is 11.4 Å². The average molecular weight is 341 g/mol. The lowest BCUT2D eigenvalue weighted by atomic mass is 10.3. The number of aromatic nitrogens is 4. The van der Waals surface area contributed by atoms with E-state index in [9.17, 15) is 9.59 Å². The highest BCUT2D eigenvalue weighted by atomic mass is 32.2. The smallest absolute Gasteiger partial charge is 0.267 e. The Balaban J connectivity index is 1.79. The van der Waals surface area contributed by atoms with E-state index in [0.717, 1.165) is 9.58 Å². The molecule has 1 aromatic carbocycles. The number of nitrogens with zero attached hydrogens (tertiary/aromatic N) is 4. The van der Waals surface area contributed by atoms with Crippen molar-refractivity contribution in [3.63, 3.8) is 0 Å². The number of carbonyl (C=O) groups excluding carboxylic acids is 1. The average Bonchev–Trinajstić information content (AvgIpc) is 3.12. The summed E-state index contributed by atoms with van der Waals surface area (Å²) in [7, 11) is 0. The van der Waals surface area contributed by atoms with Crippen LogP contribution in [0.4, 0.5) is 5.69 Å². The number of amides is 1. The van der Waals surface area contributed by atoms with Crippen LogP contribution in [0.5, 0.6) is 0 Å². The number of rotatable bonds is 5. The van der Waals surface area contributed by atoms with Crippen LogP contribution < -0.4 is 10.9 Å². The molecule has 0 radical (unpaired) electrons. The third-order valence-electron chi connectivity index (χ3n) is 3.27. The van der Waals surface area contributed by atoms with Gasteiger partial charge in [0.1, 0.15) is 6.54 Å². The molecule has 0 saturated heterocycles. The van der Waals surface area contributed by atoms with Crippen LogP contribution in [-0.4, -0.2) is 31.7 Å². The van der Waals surface area contributed by atoms with Gasteiger partial charge in [0.05, 0.1) is 5.69 Å². The maximum atomic E-state index is 12.3. The lowest BCUT2D eigenvalue weighted by molar-refractivity contribution is -0.117. The first-order valence-electron chi connectivity index (χ1n) is 7.18. The molecule has 7 nitrogen and oxygen atoms in total. The SMILES string of the molecule is CSc1ccccc1NC(=O)Cn1nc(-n2cccn2)ccc1=O. The minimum atomic E-state index is -0.348. The summed E-state index contributed by atoms with van der Waals surface area (Å²) < 4.78 is 2.64. The van der Waals surface area contributed by atoms with Crippen LogP contribution in [0.25, 0.3) is 5.82 Å². The number of thioether (sulfide) groups is 1. The summed E-state index contributed by atoms with van der Waals surface area (Å²) in [4.78, 5) is 25.2. The Morgan fingerprint density at radius 2 is 2.04 bits per heavy atom. The number of nitrogens with one attached hydrogen (secondary N) is 1. The van der Waals surface area contributed by atoms with E-state index >= 15 is 0 Å². The van der Waals surface area contributed by atoms with Crippen molar-refractivity contribution in [2.75, 3.05) is 11.6 Å². The Morgan fingerprint density at radius 3 is 2.79 bits per heavy atom. The highest BCUT2D eigenvalue weighted by molar-refractivity contribution is 7.98. The molecule has 1 amide bonds. The molecule has 0 saturated carbocycles. The molecule has 0 bridgehead atoms. The third-order valence-corrected chi connectivity index (χ3v) is 4.06. The lowest BCUT2D eigenvalue weighted by Crippen LogP contribution is -2.30. The van der Waals surface area contributed by atoms with Gasteiger partial charge in [0.2, 0.25) is 5.91 Å². The fourth-order valence-electron chi connectivity index (χ4n) is 2.15.